The normalized spacial score (nSPS) is 7.00. The lowest BCUT2D eigenvalue weighted by atomic mass is 10.3. The Morgan fingerprint density at radius 3 is 2.57 bits per heavy atom. The van der Waals surface area contributed by atoms with Crippen LogP contribution in [0.1, 0.15) is 0 Å². The average molecular weight is 101 g/mol. The van der Waals surface area contributed by atoms with E-state index in [-0.39, 0.29) is 0 Å². The monoisotopic (exact) mass is 101 g/mol. The molecule has 0 atom stereocenters. The van der Waals surface area contributed by atoms with Gasteiger partial charge in [-0.25, -0.2) is 0 Å². The van der Waals surface area contributed by atoms with Crippen LogP contribution in [-0.2, 0) is 9.31 Å². The SMILES string of the molecule is COB(O)OC#N. The Hall–Kier alpha value is -0.725. The first kappa shape index (κ1) is 6.27. The van der Waals surface area contributed by atoms with Crippen LogP contribution in [0.5, 0.6) is 0 Å². The Labute approximate surface area is 41.4 Å². The second kappa shape index (κ2) is 3.46. The minimum absolute atomic E-state index is 1.22. The number of rotatable bonds is 2. The van der Waals surface area contributed by atoms with Gasteiger partial charge in [0.15, 0.2) is 0 Å². The summed E-state index contributed by atoms with van der Waals surface area (Å²) in [6.07, 6.45) is 1.24. The molecule has 0 bridgehead atoms. The van der Waals surface area contributed by atoms with Gasteiger partial charge in [0.05, 0.1) is 0 Å². The topological polar surface area (TPSA) is 62.5 Å². The molecule has 38 valence electrons. The number of nitriles is 1. The number of nitrogens with zero attached hydrogens (tertiary/aromatic N) is 1. The molecule has 0 saturated heterocycles. The molecule has 4 nitrogen and oxygen atoms in total. The molecule has 0 saturated carbocycles. The largest absolute Gasteiger partial charge is 0.720 e. The summed E-state index contributed by atoms with van der Waals surface area (Å²) in [5.41, 5.74) is 0. The fourth-order valence-electron chi connectivity index (χ4n) is 0.0932. The number of hydrogen-bond donors (Lipinski definition) is 1. The first-order valence-corrected chi connectivity index (χ1v) is 1.57. The highest BCUT2D eigenvalue weighted by Gasteiger charge is 2.12. The average Bonchev–Trinajstić information content (AvgIpc) is 1.68. The van der Waals surface area contributed by atoms with Crippen molar-refractivity contribution >= 4 is 7.32 Å². The predicted octanol–water partition coefficient (Wildman–Crippen LogP) is -0.892. The lowest BCUT2D eigenvalue weighted by Gasteiger charge is -1.92. The van der Waals surface area contributed by atoms with Crippen LogP contribution in [-0.4, -0.2) is 19.5 Å². The Kier molecular flexibility index (Phi) is 3.11. The zero-order valence-electron chi connectivity index (χ0n) is 3.79. The summed E-state index contributed by atoms with van der Waals surface area (Å²) >= 11 is 0. The van der Waals surface area contributed by atoms with Crippen LogP contribution in [0.2, 0.25) is 0 Å². The standard InChI is InChI=1S/C2H4BNO3/c1-6-3(5)7-2-4/h5H,1H3. The highest BCUT2D eigenvalue weighted by molar-refractivity contribution is 6.34. The minimum atomic E-state index is -1.41. The van der Waals surface area contributed by atoms with Crippen molar-refractivity contribution in [2.75, 3.05) is 7.11 Å². The predicted molar refractivity (Wildman–Crippen MR) is 21.7 cm³/mol. The Bertz CT molecular complexity index is 79.5. The highest BCUT2D eigenvalue weighted by Crippen LogP contribution is 1.74. The quantitative estimate of drug-likeness (QED) is 0.362. The van der Waals surface area contributed by atoms with Crippen LogP contribution in [0.25, 0.3) is 0 Å². The molecule has 0 unspecified atom stereocenters. The fourth-order valence-corrected chi connectivity index (χ4v) is 0.0932. The van der Waals surface area contributed by atoms with Crippen LogP contribution < -0.4 is 0 Å². The van der Waals surface area contributed by atoms with E-state index in [1.54, 1.807) is 0 Å². The van der Waals surface area contributed by atoms with E-state index in [2.05, 4.69) is 9.31 Å². The van der Waals surface area contributed by atoms with Crippen molar-refractivity contribution in [1.82, 2.24) is 0 Å². The van der Waals surface area contributed by atoms with Gasteiger partial charge in [-0.1, -0.05) is 0 Å². The van der Waals surface area contributed by atoms with Crippen LogP contribution in [0.4, 0.5) is 0 Å². The third kappa shape index (κ3) is 3.10. The first-order chi connectivity index (χ1) is 3.31. The van der Waals surface area contributed by atoms with Gasteiger partial charge in [-0.05, 0) is 0 Å². The summed E-state index contributed by atoms with van der Waals surface area (Å²) in [6, 6.07) is 0. The molecule has 0 aliphatic rings. The van der Waals surface area contributed by atoms with Gasteiger partial charge in [0.2, 0.25) is 0 Å². The second-order valence-corrected chi connectivity index (χ2v) is 0.752. The van der Waals surface area contributed by atoms with Crippen molar-refractivity contribution in [3.63, 3.8) is 0 Å². The maximum Gasteiger partial charge on any atom is 0.720 e. The molecule has 0 spiro atoms. The van der Waals surface area contributed by atoms with E-state index in [4.69, 9.17) is 10.3 Å². The van der Waals surface area contributed by atoms with E-state index < -0.39 is 7.32 Å². The summed E-state index contributed by atoms with van der Waals surface area (Å²) in [5, 5.41) is 15.8. The number of hydrogen-bond acceptors (Lipinski definition) is 4. The van der Waals surface area contributed by atoms with E-state index in [9.17, 15) is 0 Å². The zero-order chi connectivity index (χ0) is 5.70. The maximum atomic E-state index is 8.19. The lowest BCUT2D eigenvalue weighted by molar-refractivity contribution is 0.222. The van der Waals surface area contributed by atoms with E-state index in [1.807, 2.05) is 0 Å². The van der Waals surface area contributed by atoms with Crippen molar-refractivity contribution < 1.29 is 14.3 Å². The molecule has 0 rings (SSSR count). The molecule has 1 N–H and O–H groups in total. The third-order valence-corrected chi connectivity index (χ3v) is 0.355. The highest BCUT2D eigenvalue weighted by atomic mass is 16.7. The molecular weight excluding hydrogens is 96.8 g/mol. The van der Waals surface area contributed by atoms with Gasteiger partial charge in [0.1, 0.15) is 0 Å². The van der Waals surface area contributed by atoms with E-state index in [0.717, 1.165) is 0 Å². The van der Waals surface area contributed by atoms with E-state index >= 15 is 0 Å². The van der Waals surface area contributed by atoms with Crippen molar-refractivity contribution in [2.45, 2.75) is 0 Å². The van der Waals surface area contributed by atoms with Crippen molar-refractivity contribution in [1.29, 1.82) is 5.26 Å². The molecule has 0 aromatic heterocycles. The Morgan fingerprint density at radius 2 is 2.43 bits per heavy atom. The summed E-state index contributed by atoms with van der Waals surface area (Å²) in [6.45, 7) is 0. The van der Waals surface area contributed by atoms with Gasteiger partial charge in [-0.15, -0.1) is 0 Å². The molecule has 0 fully saturated rings. The minimum Gasteiger partial charge on any atom is -0.442 e. The molecular formula is C2H4BNO3. The zero-order valence-corrected chi connectivity index (χ0v) is 3.79. The van der Waals surface area contributed by atoms with Crippen molar-refractivity contribution in [2.24, 2.45) is 0 Å². The van der Waals surface area contributed by atoms with Crippen molar-refractivity contribution in [3.05, 3.63) is 0 Å². The fraction of sp³-hybridized carbons (Fsp3) is 0.500. The van der Waals surface area contributed by atoms with Gasteiger partial charge in [0.25, 0.3) is 6.26 Å². The second-order valence-electron chi connectivity index (χ2n) is 0.752. The summed E-state index contributed by atoms with van der Waals surface area (Å²) < 4.78 is 7.93. The van der Waals surface area contributed by atoms with Gasteiger partial charge in [0, 0.05) is 7.11 Å². The van der Waals surface area contributed by atoms with Gasteiger partial charge < -0.3 is 14.3 Å². The summed E-state index contributed by atoms with van der Waals surface area (Å²) in [4.78, 5) is 0. The molecule has 0 aromatic rings. The maximum absolute atomic E-state index is 8.19. The third-order valence-electron chi connectivity index (χ3n) is 0.355. The molecule has 0 aromatic carbocycles. The van der Waals surface area contributed by atoms with Gasteiger partial charge in [-0.2, -0.15) is 5.26 Å². The molecule has 0 aliphatic carbocycles. The molecule has 5 heteroatoms. The van der Waals surface area contributed by atoms with E-state index in [1.165, 1.54) is 13.4 Å². The van der Waals surface area contributed by atoms with Crippen LogP contribution in [0, 0.1) is 11.5 Å². The molecule has 0 heterocycles. The van der Waals surface area contributed by atoms with Gasteiger partial charge >= 0.3 is 7.32 Å². The van der Waals surface area contributed by atoms with Gasteiger partial charge in [-0.3, -0.25) is 0 Å². The lowest BCUT2D eigenvalue weighted by Crippen LogP contribution is -2.17. The Morgan fingerprint density at radius 1 is 1.86 bits per heavy atom. The van der Waals surface area contributed by atoms with Crippen molar-refractivity contribution in [3.8, 4) is 6.26 Å². The van der Waals surface area contributed by atoms with Crippen LogP contribution >= 0.6 is 0 Å². The molecule has 0 amide bonds. The van der Waals surface area contributed by atoms with E-state index in [0.29, 0.717) is 0 Å². The summed E-state index contributed by atoms with van der Waals surface area (Å²) in [5.74, 6) is 0. The van der Waals surface area contributed by atoms with Crippen LogP contribution in [0.15, 0.2) is 0 Å². The first-order valence-electron chi connectivity index (χ1n) is 1.57. The Balaban J connectivity index is 3.03. The molecule has 0 radical (unpaired) electrons. The summed E-state index contributed by atoms with van der Waals surface area (Å²) in [7, 11) is -0.188. The van der Waals surface area contributed by atoms with Crippen LogP contribution in [0.3, 0.4) is 0 Å². The molecule has 0 aliphatic heterocycles. The smallest absolute Gasteiger partial charge is 0.442 e. The molecule has 7 heavy (non-hydrogen) atoms.